The van der Waals surface area contributed by atoms with Crippen LogP contribution in [-0.4, -0.2) is 37.4 Å². The van der Waals surface area contributed by atoms with Crippen molar-refractivity contribution >= 4 is 17.7 Å². The van der Waals surface area contributed by atoms with E-state index in [2.05, 4.69) is 10.2 Å². The molecule has 9 heteroatoms. The average molecular weight is 381 g/mol. The van der Waals surface area contributed by atoms with Crippen LogP contribution >= 0.6 is 0 Å². The number of nitro groups is 1. The first-order valence-electron chi connectivity index (χ1n) is 8.45. The van der Waals surface area contributed by atoms with Gasteiger partial charge in [-0.05, 0) is 35.6 Å². The van der Waals surface area contributed by atoms with Crippen molar-refractivity contribution in [2.75, 3.05) is 7.11 Å². The monoisotopic (exact) mass is 381 g/mol. The highest BCUT2D eigenvalue weighted by molar-refractivity contribution is 6.07. The minimum absolute atomic E-state index is 0.134. The molecule has 0 saturated heterocycles. The molecular weight excluding hydrogens is 362 g/mol. The summed E-state index contributed by atoms with van der Waals surface area (Å²) in [7, 11) is 3.33. The lowest BCUT2D eigenvalue weighted by atomic mass is 10.1. The van der Waals surface area contributed by atoms with E-state index in [9.17, 15) is 14.9 Å². The summed E-state index contributed by atoms with van der Waals surface area (Å²) in [6, 6.07) is 6.80. The molecular formula is C19H19N5O4. The molecule has 0 aliphatic heterocycles. The van der Waals surface area contributed by atoms with Gasteiger partial charge in [0.2, 0.25) is 0 Å². The molecule has 0 radical (unpaired) electrons. The Bertz CT molecular complexity index is 1060. The molecule has 0 fully saturated rings. The number of aromatic nitrogens is 4. The topological polar surface area (TPSA) is 105 Å². The number of allylic oxidation sites excluding steroid dienone is 1. The van der Waals surface area contributed by atoms with Gasteiger partial charge in [0, 0.05) is 18.3 Å². The van der Waals surface area contributed by atoms with Crippen molar-refractivity contribution in [1.29, 1.82) is 0 Å². The first kappa shape index (κ1) is 19.0. The van der Waals surface area contributed by atoms with E-state index in [0.29, 0.717) is 17.9 Å². The van der Waals surface area contributed by atoms with E-state index in [4.69, 9.17) is 4.74 Å². The molecule has 9 nitrogen and oxygen atoms in total. The fourth-order valence-electron chi connectivity index (χ4n) is 2.74. The molecule has 0 aliphatic carbocycles. The Morgan fingerprint density at radius 1 is 1.36 bits per heavy atom. The van der Waals surface area contributed by atoms with Crippen LogP contribution in [0.4, 0.5) is 5.82 Å². The van der Waals surface area contributed by atoms with E-state index >= 15 is 0 Å². The van der Waals surface area contributed by atoms with Crippen LogP contribution in [0.1, 0.15) is 27.2 Å². The van der Waals surface area contributed by atoms with Crippen LogP contribution in [0, 0.1) is 17.0 Å². The largest absolute Gasteiger partial charge is 0.496 e. The van der Waals surface area contributed by atoms with Crippen molar-refractivity contribution in [2.24, 2.45) is 7.05 Å². The van der Waals surface area contributed by atoms with Crippen LogP contribution in [0.15, 0.2) is 42.7 Å². The fraction of sp³-hybridized carbons (Fsp3) is 0.211. The molecule has 2 heterocycles. The van der Waals surface area contributed by atoms with E-state index in [1.165, 1.54) is 23.0 Å². The quantitative estimate of drug-likeness (QED) is 0.270. The highest BCUT2D eigenvalue weighted by Gasteiger charge is 2.13. The minimum Gasteiger partial charge on any atom is -0.496 e. The zero-order valence-electron chi connectivity index (χ0n) is 15.7. The Morgan fingerprint density at radius 2 is 2.14 bits per heavy atom. The van der Waals surface area contributed by atoms with Crippen molar-refractivity contribution < 1.29 is 14.5 Å². The zero-order valence-corrected chi connectivity index (χ0v) is 15.7. The van der Waals surface area contributed by atoms with Crippen LogP contribution in [0.3, 0.4) is 0 Å². The molecule has 0 unspecified atom stereocenters. The number of nitrogens with zero attached hydrogens (tertiary/aromatic N) is 5. The predicted octanol–water partition coefficient (Wildman–Crippen LogP) is 2.79. The number of benzene rings is 1. The molecule has 1 aromatic carbocycles. The SMILES string of the molecule is COc1ccc(C=CC(=O)c2cnn(C)c2C)cc1Cn1ccc([N+](=O)[O-])n1. The number of methoxy groups -OCH3 is 1. The summed E-state index contributed by atoms with van der Waals surface area (Å²) in [5.74, 6) is 0.280. The van der Waals surface area contributed by atoms with Crippen molar-refractivity contribution in [2.45, 2.75) is 13.5 Å². The van der Waals surface area contributed by atoms with Crippen LogP contribution in [-0.2, 0) is 13.6 Å². The third-order valence-electron chi connectivity index (χ3n) is 4.38. The van der Waals surface area contributed by atoms with Crippen molar-refractivity contribution in [3.8, 4) is 5.75 Å². The predicted molar refractivity (Wildman–Crippen MR) is 102 cm³/mol. The zero-order chi connectivity index (χ0) is 20.3. The lowest BCUT2D eigenvalue weighted by Gasteiger charge is -2.08. The second kappa shape index (κ2) is 7.87. The van der Waals surface area contributed by atoms with Crippen molar-refractivity contribution in [3.05, 3.63) is 75.2 Å². The van der Waals surface area contributed by atoms with Gasteiger partial charge in [-0.3, -0.25) is 9.48 Å². The van der Waals surface area contributed by atoms with Gasteiger partial charge in [0.25, 0.3) is 0 Å². The molecule has 0 saturated carbocycles. The van der Waals surface area contributed by atoms with Gasteiger partial charge < -0.3 is 14.9 Å². The van der Waals surface area contributed by atoms with Gasteiger partial charge in [0.05, 0.1) is 42.8 Å². The summed E-state index contributed by atoms with van der Waals surface area (Å²) in [6.45, 7) is 2.14. The van der Waals surface area contributed by atoms with Crippen LogP contribution < -0.4 is 4.74 Å². The summed E-state index contributed by atoms with van der Waals surface area (Å²) in [5, 5.41) is 18.8. The average Bonchev–Trinajstić information content (AvgIpc) is 3.27. The Labute approximate surface area is 161 Å². The third kappa shape index (κ3) is 3.98. The number of carbonyl (C=O) groups is 1. The molecule has 2 aromatic heterocycles. The normalized spacial score (nSPS) is 11.1. The van der Waals surface area contributed by atoms with Crippen LogP contribution in [0.5, 0.6) is 5.75 Å². The van der Waals surface area contributed by atoms with Gasteiger partial charge in [-0.15, -0.1) is 0 Å². The van der Waals surface area contributed by atoms with Gasteiger partial charge in [-0.1, -0.05) is 12.1 Å². The highest BCUT2D eigenvalue weighted by atomic mass is 16.6. The standard InChI is InChI=1S/C19H19N5O4/c1-13-16(11-20-22(13)2)17(25)6-4-14-5-7-18(28-3)15(10-14)12-23-9-8-19(21-23)24(26)27/h4-11H,12H2,1-3H3. The molecule has 144 valence electrons. The molecule has 0 N–H and O–H groups in total. The Hall–Kier alpha value is -3.75. The summed E-state index contributed by atoms with van der Waals surface area (Å²) in [6.07, 6.45) is 6.29. The summed E-state index contributed by atoms with van der Waals surface area (Å²) in [5.41, 5.74) is 2.93. The Balaban J connectivity index is 1.82. The fourth-order valence-corrected chi connectivity index (χ4v) is 2.74. The van der Waals surface area contributed by atoms with E-state index in [1.54, 1.807) is 37.2 Å². The van der Waals surface area contributed by atoms with Crippen molar-refractivity contribution in [3.63, 3.8) is 0 Å². The number of hydrogen-bond acceptors (Lipinski definition) is 6. The van der Waals surface area contributed by atoms with E-state index < -0.39 is 4.92 Å². The van der Waals surface area contributed by atoms with Gasteiger partial charge in [0.1, 0.15) is 5.75 Å². The lowest BCUT2D eigenvalue weighted by molar-refractivity contribution is -0.389. The first-order valence-corrected chi connectivity index (χ1v) is 8.45. The smallest absolute Gasteiger partial charge is 0.389 e. The number of rotatable bonds is 7. The Morgan fingerprint density at radius 3 is 2.75 bits per heavy atom. The molecule has 28 heavy (non-hydrogen) atoms. The molecule has 0 bridgehead atoms. The first-order chi connectivity index (χ1) is 13.4. The third-order valence-corrected chi connectivity index (χ3v) is 4.38. The van der Waals surface area contributed by atoms with E-state index in [0.717, 1.165) is 16.8 Å². The van der Waals surface area contributed by atoms with Crippen LogP contribution in [0.2, 0.25) is 0 Å². The summed E-state index contributed by atoms with van der Waals surface area (Å²) >= 11 is 0. The lowest BCUT2D eigenvalue weighted by Crippen LogP contribution is -2.03. The maximum absolute atomic E-state index is 12.4. The number of hydrogen-bond donors (Lipinski definition) is 0. The molecule has 3 aromatic rings. The maximum atomic E-state index is 12.4. The van der Waals surface area contributed by atoms with Gasteiger partial charge >= 0.3 is 5.82 Å². The molecule has 0 aliphatic rings. The molecule has 3 rings (SSSR count). The van der Waals surface area contributed by atoms with E-state index in [1.807, 2.05) is 19.1 Å². The molecule has 0 atom stereocenters. The number of ketones is 1. The van der Waals surface area contributed by atoms with Gasteiger partial charge in [0.15, 0.2) is 5.78 Å². The summed E-state index contributed by atoms with van der Waals surface area (Å²) < 4.78 is 8.48. The van der Waals surface area contributed by atoms with Gasteiger partial charge in [-0.2, -0.15) is 9.78 Å². The summed E-state index contributed by atoms with van der Waals surface area (Å²) in [4.78, 5) is 22.6. The highest BCUT2D eigenvalue weighted by Crippen LogP contribution is 2.22. The van der Waals surface area contributed by atoms with Crippen molar-refractivity contribution in [1.82, 2.24) is 19.6 Å². The number of aryl methyl sites for hydroxylation is 1. The van der Waals surface area contributed by atoms with Gasteiger partial charge in [-0.25, -0.2) is 0 Å². The van der Waals surface area contributed by atoms with Crippen LogP contribution in [0.25, 0.3) is 6.08 Å². The second-order valence-corrected chi connectivity index (χ2v) is 6.16. The number of carbonyl (C=O) groups excluding carboxylic acids is 1. The Kier molecular flexibility index (Phi) is 5.35. The van der Waals surface area contributed by atoms with E-state index in [-0.39, 0.29) is 11.6 Å². The maximum Gasteiger partial charge on any atom is 0.389 e. The minimum atomic E-state index is -0.543. The second-order valence-electron chi connectivity index (χ2n) is 6.16. The molecule has 0 spiro atoms. The molecule has 0 amide bonds. The number of ether oxygens (including phenoxy) is 1.